The second-order valence-electron chi connectivity index (χ2n) is 3.05. The van der Waals surface area contributed by atoms with Crippen LogP contribution in [0.5, 0.6) is 0 Å². The number of hydrogen-bond acceptors (Lipinski definition) is 3. The lowest BCUT2D eigenvalue weighted by Crippen LogP contribution is -2.16. The molecule has 0 fully saturated rings. The maximum Gasteiger partial charge on any atom is 0.307 e. The van der Waals surface area contributed by atoms with E-state index in [1.54, 1.807) is 18.2 Å². The Kier molecular flexibility index (Phi) is 6.99. The molecule has 0 spiro atoms. The van der Waals surface area contributed by atoms with E-state index in [2.05, 4.69) is 20.7 Å². The molecule has 0 heterocycles. The van der Waals surface area contributed by atoms with Crippen LogP contribution in [0, 0.1) is 0 Å². The fourth-order valence-corrected chi connectivity index (χ4v) is 1.89. The Morgan fingerprint density at radius 3 is 2.81 bits per heavy atom. The number of halogens is 3. The van der Waals surface area contributed by atoms with Crippen LogP contribution in [0.2, 0.25) is 5.02 Å². The Morgan fingerprint density at radius 2 is 2.25 bits per heavy atom. The summed E-state index contributed by atoms with van der Waals surface area (Å²) in [5.41, 5.74) is 6.65. The van der Waals surface area contributed by atoms with Crippen LogP contribution in [0.3, 0.4) is 0 Å². The topological polar surface area (TPSA) is 52.3 Å². The minimum absolute atomic E-state index is 0. The summed E-state index contributed by atoms with van der Waals surface area (Å²) in [5, 5.41) is 0.591. The van der Waals surface area contributed by atoms with Gasteiger partial charge in [0.25, 0.3) is 0 Å². The predicted molar refractivity (Wildman–Crippen MR) is 70.0 cm³/mol. The first kappa shape index (κ1) is 15.7. The minimum Gasteiger partial charge on any atom is -0.469 e. The van der Waals surface area contributed by atoms with E-state index in [1.165, 1.54) is 7.11 Å². The fourth-order valence-electron chi connectivity index (χ4n) is 1.17. The molecule has 16 heavy (non-hydrogen) atoms. The molecule has 2 N–H and O–H groups in total. The Hall–Kier alpha value is -0.290. The summed E-state index contributed by atoms with van der Waals surface area (Å²) in [4.78, 5) is 11.0. The van der Waals surface area contributed by atoms with E-state index in [9.17, 15) is 4.79 Å². The van der Waals surface area contributed by atoms with Crippen molar-refractivity contribution >= 4 is 45.9 Å². The average molecular weight is 329 g/mol. The molecule has 3 nitrogen and oxygen atoms in total. The van der Waals surface area contributed by atoms with E-state index >= 15 is 0 Å². The summed E-state index contributed by atoms with van der Waals surface area (Å²) in [6, 6.07) is 4.87. The standard InChI is InChI=1S/C10H11BrClNO2.ClH/c1-15-10(14)5-9(13)7-4-6(12)2-3-8(7)11;/h2-4,9H,5,13H2,1H3;1H/t9-;/m1./s1. The quantitative estimate of drug-likeness (QED) is 0.867. The Labute approximate surface area is 114 Å². The van der Waals surface area contributed by atoms with Crippen molar-refractivity contribution in [1.82, 2.24) is 0 Å². The van der Waals surface area contributed by atoms with Crippen molar-refractivity contribution in [1.29, 1.82) is 0 Å². The zero-order valence-electron chi connectivity index (χ0n) is 8.57. The fraction of sp³-hybridized carbons (Fsp3) is 0.300. The van der Waals surface area contributed by atoms with Crippen molar-refractivity contribution in [3.63, 3.8) is 0 Å². The van der Waals surface area contributed by atoms with Gasteiger partial charge in [-0.2, -0.15) is 0 Å². The maximum absolute atomic E-state index is 11.0. The van der Waals surface area contributed by atoms with Crippen LogP contribution in [0.4, 0.5) is 0 Å². The van der Waals surface area contributed by atoms with Gasteiger partial charge in [-0.15, -0.1) is 12.4 Å². The molecule has 0 bridgehead atoms. The third kappa shape index (κ3) is 4.29. The summed E-state index contributed by atoms with van der Waals surface area (Å²) in [6.45, 7) is 0. The monoisotopic (exact) mass is 327 g/mol. The van der Waals surface area contributed by atoms with Gasteiger partial charge in [-0.05, 0) is 23.8 Å². The van der Waals surface area contributed by atoms with E-state index in [0.717, 1.165) is 10.0 Å². The highest BCUT2D eigenvalue weighted by molar-refractivity contribution is 9.10. The van der Waals surface area contributed by atoms with E-state index in [0.29, 0.717) is 5.02 Å². The number of carbonyl (C=O) groups is 1. The van der Waals surface area contributed by atoms with Gasteiger partial charge in [0.05, 0.1) is 13.5 Å². The van der Waals surface area contributed by atoms with Crippen LogP contribution < -0.4 is 5.73 Å². The van der Waals surface area contributed by atoms with Gasteiger partial charge in [0.15, 0.2) is 0 Å². The van der Waals surface area contributed by atoms with Gasteiger partial charge < -0.3 is 10.5 Å². The number of hydrogen-bond donors (Lipinski definition) is 1. The van der Waals surface area contributed by atoms with Crippen molar-refractivity contribution in [2.45, 2.75) is 12.5 Å². The molecule has 1 aromatic carbocycles. The molecule has 1 atom stereocenters. The molecule has 0 saturated carbocycles. The van der Waals surface area contributed by atoms with Gasteiger partial charge in [-0.25, -0.2) is 0 Å². The van der Waals surface area contributed by atoms with Crippen LogP contribution in [0.15, 0.2) is 22.7 Å². The van der Waals surface area contributed by atoms with Gasteiger partial charge in [-0.3, -0.25) is 4.79 Å². The van der Waals surface area contributed by atoms with Crippen LogP contribution in [0.1, 0.15) is 18.0 Å². The molecule has 90 valence electrons. The Bertz CT molecular complexity index is 374. The maximum atomic E-state index is 11.0. The van der Waals surface area contributed by atoms with Crippen molar-refractivity contribution in [3.05, 3.63) is 33.3 Å². The highest BCUT2D eigenvalue weighted by atomic mass is 79.9. The molecule has 0 aliphatic rings. The summed E-state index contributed by atoms with van der Waals surface area (Å²) in [7, 11) is 1.34. The van der Waals surface area contributed by atoms with E-state index < -0.39 is 6.04 Å². The number of ether oxygens (including phenoxy) is 1. The highest BCUT2D eigenvalue weighted by Gasteiger charge is 2.14. The van der Waals surface area contributed by atoms with Crippen molar-refractivity contribution in [3.8, 4) is 0 Å². The summed E-state index contributed by atoms with van der Waals surface area (Å²) in [5.74, 6) is -0.339. The first-order valence-corrected chi connectivity index (χ1v) is 5.49. The number of esters is 1. The second kappa shape index (κ2) is 7.12. The molecule has 0 unspecified atom stereocenters. The van der Waals surface area contributed by atoms with Gasteiger partial charge in [0, 0.05) is 15.5 Å². The SMILES string of the molecule is COC(=O)C[C@@H](N)c1cc(Cl)ccc1Br.Cl. The molecule has 0 amide bonds. The van der Waals surface area contributed by atoms with E-state index in [4.69, 9.17) is 17.3 Å². The van der Waals surface area contributed by atoms with Gasteiger partial charge in [-0.1, -0.05) is 27.5 Å². The molecular formula is C10H12BrCl2NO2. The van der Waals surface area contributed by atoms with Gasteiger partial charge >= 0.3 is 5.97 Å². The predicted octanol–water partition coefficient (Wildman–Crippen LogP) is 3.09. The molecule has 1 rings (SSSR count). The normalized spacial score (nSPS) is 11.5. The molecule has 1 aromatic rings. The first-order valence-electron chi connectivity index (χ1n) is 4.32. The molecular weight excluding hydrogens is 317 g/mol. The number of benzene rings is 1. The van der Waals surface area contributed by atoms with E-state index in [1.807, 2.05) is 0 Å². The van der Waals surface area contributed by atoms with Crippen LogP contribution >= 0.6 is 39.9 Å². The molecule has 0 aromatic heterocycles. The lowest BCUT2D eigenvalue weighted by molar-refractivity contribution is -0.141. The molecule has 0 radical (unpaired) electrons. The van der Waals surface area contributed by atoms with E-state index in [-0.39, 0.29) is 24.8 Å². The van der Waals surface area contributed by atoms with Crippen molar-refractivity contribution in [2.24, 2.45) is 5.73 Å². The van der Waals surface area contributed by atoms with Gasteiger partial charge in [0.2, 0.25) is 0 Å². The second-order valence-corrected chi connectivity index (χ2v) is 4.34. The third-order valence-electron chi connectivity index (χ3n) is 1.97. The molecule has 0 aliphatic carbocycles. The summed E-state index contributed by atoms with van der Waals surface area (Å²) < 4.78 is 5.38. The average Bonchev–Trinajstić information content (AvgIpc) is 2.21. The van der Waals surface area contributed by atoms with Gasteiger partial charge in [0.1, 0.15) is 0 Å². The van der Waals surface area contributed by atoms with Crippen molar-refractivity contribution < 1.29 is 9.53 Å². The Balaban J connectivity index is 0.00000225. The van der Waals surface area contributed by atoms with Crippen molar-refractivity contribution in [2.75, 3.05) is 7.11 Å². The number of rotatable bonds is 3. The molecule has 6 heteroatoms. The summed E-state index contributed by atoms with van der Waals surface area (Å²) >= 11 is 9.19. The zero-order valence-corrected chi connectivity index (χ0v) is 11.7. The number of carbonyl (C=O) groups excluding carboxylic acids is 1. The lowest BCUT2D eigenvalue weighted by Gasteiger charge is -2.12. The van der Waals surface area contributed by atoms with Crippen LogP contribution in [0.25, 0.3) is 0 Å². The summed E-state index contributed by atoms with van der Waals surface area (Å²) in [6.07, 6.45) is 0.134. The largest absolute Gasteiger partial charge is 0.469 e. The molecule has 0 saturated heterocycles. The highest BCUT2D eigenvalue weighted by Crippen LogP contribution is 2.27. The lowest BCUT2D eigenvalue weighted by atomic mass is 10.1. The third-order valence-corrected chi connectivity index (χ3v) is 2.93. The van der Waals surface area contributed by atoms with Crippen LogP contribution in [-0.4, -0.2) is 13.1 Å². The minimum atomic E-state index is -0.412. The Morgan fingerprint density at radius 1 is 1.62 bits per heavy atom. The zero-order chi connectivity index (χ0) is 11.4. The number of nitrogens with two attached hydrogens (primary N) is 1. The van der Waals surface area contributed by atoms with Crippen LogP contribution in [-0.2, 0) is 9.53 Å². The molecule has 0 aliphatic heterocycles. The smallest absolute Gasteiger partial charge is 0.307 e. The first-order chi connectivity index (χ1) is 7.04. The number of methoxy groups -OCH3 is 1.